The predicted molar refractivity (Wildman–Crippen MR) is 95.5 cm³/mol. The molecule has 0 saturated carbocycles. The van der Waals surface area contributed by atoms with Gasteiger partial charge in [-0.05, 0) is 48.5 Å². The Balaban J connectivity index is 1.80. The van der Waals surface area contributed by atoms with Crippen molar-refractivity contribution in [2.24, 2.45) is 0 Å². The largest absolute Gasteiger partial charge is 0.497 e. The number of tetrazole rings is 1. The van der Waals surface area contributed by atoms with Crippen molar-refractivity contribution in [3.8, 4) is 17.2 Å². The van der Waals surface area contributed by atoms with Crippen LogP contribution in [0.15, 0.2) is 35.6 Å². The highest BCUT2D eigenvalue weighted by Crippen LogP contribution is 2.29. The molecule has 2 heterocycles. The molecule has 0 radical (unpaired) electrons. The van der Waals surface area contributed by atoms with Crippen LogP contribution in [-0.2, 0) is 5.75 Å². The molecule has 0 aliphatic rings. The molecule has 3 aromatic rings. The van der Waals surface area contributed by atoms with Crippen molar-refractivity contribution in [1.82, 2.24) is 25.2 Å². The average Bonchev–Trinajstić information content (AvgIpc) is 3.10. The Morgan fingerprint density at radius 2 is 1.84 bits per heavy atom. The molecule has 0 amide bonds. The zero-order valence-corrected chi connectivity index (χ0v) is 15.4. The van der Waals surface area contributed by atoms with Gasteiger partial charge in [-0.25, -0.2) is 0 Å². The molecule has 0 N–H and O–H groups in total. The van der Waals surface area contributed by atoms with Gasteiger partial charge in [-0.2, -0.15) is 4.68 Å². The molecule has 0 atom stereocenters. The number of pyridine rings is 1. The van der Waals surface area contributed by atoms with Crippen LogP contribution < -0.4 is 9.47 Å². The van der Waals surface area contributed by atoms with Crippen molar-refractivity contribution in [3.05, 3.63) is 47.3 Å². The molecular weight excluding hydrogens is 338 g/mol. The van der Waals surface area contributed by atoms with E-state index in [0.717, 1.165) is 34.0 Å². The van der Waals surface area contributed by atoms with Gasteiger partial charge in [0.15, 0.2) is 0 Å². The molecule has 7 nitrogen and oxygen atoms in total. The molecule has 0 unspecified atom stereocenters. The van der Waals surface area contributed by atoms with Crippen molar-refractivity contribution < 1.29 is 9.47 Å². The molecule has 2 aromatic heterocycles. The van der Waals surface area contributed by atoms with E-state index in [2.05, 4.69) is 20.5 Å². The number of hydrogen-bond donors (Lipinski definition) is 0. The van der Waals surface area contributed by atoms with E-state index < -0.39 is 0 Å². The van der Waals surface area contributed by atoms with Crippen LogP contribution in [-0.4, -0.2) is 39.4 Å². The minimum absolute atomic E-state index is 0.652. The summed E-state index contributed by atoms with van der Waals surface area (Å²) in [7, 11) is 3.31. The summed E-state index contributed by atoms with van der Waals surface area (Å²) in [6, 6.07) is 7.58. The minimum atomic E-state index is 0.652. The summed E-state index contributed by atoms with van der Waals surface area (Å²) in [5.41, 5.74) is 3.89. The summed E-state index contributed by atoms with van der Waals surface area (Å²) >= 11 is 1.53. The van der Waals surface area contributed by atoms with E-state index in [4.69, 9.17) is 9.47 Å². The quantitative estimate of drug-likeness (QED) is 0.628. The number of aryl methyl sites for hydroxylation is 1. The van der Waals surface area contributed by atoms with Crippen LogP contribution in [0.5, 0.6) is 11.5 Å². The maximum atomic E-state index is 5.46. The Bertz CT molecular complexity index is 864. The molecule has 0 fully saturated rings. The van der Waals surface area contributed by atoms with Crippen LogP contribution in [0, 0.1) is 13.8 Å². The second kappa shape index (κ2) is 7.52. The summed E-state index contributed by atoms with van der Waals surface area (Å²) in [6.07, 6.45) is 1.83. The Morgan fingerprint density at radius 1 is 1.08 bits per heavy atom. The number of aromatic nitrogens is 5. The summed E-state index contributed by atoms with van der Waals surface area (Å²) in [5, 5.41) is 12.7. The topological polar surface area (TPSA) is 75.0 Å². The van der Waals surface area contributed by atoms with Crippen molar-refractivity contribution in [2.45, 2.75) is 24.8 Å². The van der Waals surface area contributed by atoms with Gasteiger partial charge in [0, 0.05) is 23.1 Å². The van der Waals surface area contributed by atoms with E-state index in [0.29, 0.717) is 10.9 Å². The van der Waals surface area contributed by atoms with E-state index >= 15 is 0 Å². The van der Waals surface area contributed by atoms with E-state index in [9.17, 15) is 0 Å². The van der Waals surface area contributed by atoms with E-state index in [1.54, 1.807) is 18.9 Å². The first-order chi connectivity index (χ1) is 12.1. The van der Waals surface area contributed by atoms with Gasteiger partial charge in [-0.3, -0.25) is 4.98 Å². The molecular formula is C17H19N5O2S. The lowest BCUT2D eigenvalue weighted by Crippen LogP contribution is -2.01. The summed E-state index contributed by atoms with van der Waals surface area (Å²) in [5.74, 6) is 2.32. The lowest BCUT2D eigenvalue weighted by atomic mass is 10.1. The molecule has 0 bridgehead atoms. The first-order valence-corrected chi connectivity index (χ1v) is 8.67. The van der Waals surface area contributed by atoms with Crippen molar-refractivity contribution in [1.29, 1.82) is 0 Å². The number of hydrogen-bond acceptors (Lipinski definition) is 7. The van der Waals surface area contributed by atoms with Gasteiger partial charge in [-0.15, -0.1) is 5.10 Å². The van der Waals surface area contributed by atoms with Gasteiger partial charge in [0.05, 0.1) is 25.6 Å². The highest BCUT2D eigenvalue weighted by molar-refractivity contribution is 7.98. The van der Waals surface area contributed by atoms with Crippen molar-refractivity contribution in [2.75, 3.05) is 14.2 Å². The Labute approximate surface area is 150 Å². The average molecular weight is 357 g/mol. The lowest BCUT2D eigenvalue weighted by Gasteiger charge is -2.12. The molecule has 3 rings (SSSR count). The number of benzene rings is 1. The lowest BCUT2D eigenvalue weighted by molar-refractivity contribution is 0.407. The summed E-state index contributed by atoms with van der Waals surface area (Å²) < 4.78 is 12.3. The van der Waals surface area contributed by atoms with Gasteiger partial charge >= 0.3 is 0 Å². The van der Waals surface area contributed by atoms with Crippen LogP contribution in [0.3, 0.4) is 0 Å². The third kappa shape index (κ3) is 3.58. The fourth-order valence-electron chi connectivity index (χ4n) is 2.50. The SMILES string of the molecule is COc1ccc(-n2nnnc2SCc2ncc(C)c(OC)c2C)cc1. The maximum Gasteiger partial charge on any atom is 0.214 e. The van der Waals surface area contributed by atoms with E-state index in [-0.39, 0.29) is 0 Å². The smallest absolute Gasteiger partial charge is 0.214 e. The van der Waals surface area contributed by atoms with Crippen LogP contribution in [0.4, 0.5) is 0 Å². The number of thioether (sulfide) groups is 1. The Morgan fingerprint density at radius 3 is 2.52 bits per heavy atom. The fourth-order valence-corrected chi connectivity index (χ4v) is 3.42. The zero-order valence-electron chi connectivity index (χ0n) is 14.6. The van der Waals surface area contributed by atoms with Gasteiger partial charge in [0.1, 0.15) is 11.5 Å². The fraction of sp³-hybridized carbons (Fsp3) is 0.294. The van der Waals surface area contributed by atoms with Crippen LogP contribution in [0.2, 0.25) is 0 Å². The van der Waals surface area contributed by atoms with E-state index in [1.165, 1.54) is 11.8 Å². The van der Waals surface area contributed by atoms with Crippen LogP contribution in [0.25, 0.3) is 5.69 Å². The highest BCUT2D eigenvalue weighted by Gasteiger charge is 2.13. The van der Waals surface area contributed by atoms with Crippen molar-refractivity contribution in [3.63, 3.8) is 0 Å². The number of rotatable bonds is 6. The van der Waals surface area contributed by atoms with Crippen LogP contribution in [0.1, 0.15) is 16.8 Å². The number of methoxy groups -OCH3 is 2. The predicted octanol–water partition coefficient (Wildman–Crippen LogP) is 2.98. The van der Waals surface area contributed by atoms with Crippen LogP contribution >= 0.6 is 11.8 Å². The standard InChI is InChI=1S/C17H19N5O2S/c1-11-9-18-15(12(2)16(11)24-4)10-25-17-19-20-21-22(17)13-5-7-14(23-3)8-6-13/h5-9H,10H2,1-4H3. The first kappa shape index (κ1) is 17.2. The minimum Gasteiger partial charge on any atom is -0.497 e. The zero-order chi connectivity index (χ0) is 17.8. The second-order valence-electron chi connectivity index (χ2n) is 5.41. The van der Waals surface area contributed by atoms with E-state index in [1.807, 2.05) is 44.3 Å². The normalized spacial score (nSPS) is 10.7. The van der Waals surface area contributed by atoms with Gasteiger partial charge in [0.2, 0.25) is 5.16 Å². The summed E-state index contributed by atoms with van der Waals surface area (Å²) in [6.45, 7) is 4.00. The van der Waals surface area contributed by atoms with Crippen molar-refractivity contribution >= 4 is 11.8 Å². The number of nitrogens with zero attached hydrogens (tertiary/aromatic N) is 5. The molecule has 0 spiro atoms. The Kier molecular flexibility index (Phi) is 5.18. The molecule has 130 valence electrons. The third-order valence-corrected chi connectivity index (χ3v) is 4.78. The molecule has 25 heavy (non-hydrogen) atoms. The molecule has 0 aliphatic heterocycles. The van der Waals surface area contributed by atoms with Gasteiger partial charge in [0.25, 0.3) is 0 Å². The monoisotopic (exact) mass is 357 g/mol. The van der Waals surface area contributed by atoms with Gasteiger partial charge in [-0.1, -0.05) is 11.8 Å². The second-order valence-corrected chi connectivity index (χ2v) is 6.35. The summed E-state index contributed by atoms with van der Waals surface area (Å²) in [4.78, 5) is 4.52. The van der Waals surface area contributed by atoms with Gasteiger partial charge < -0.3 is 9.47 Å². The molecule has 0 aliphatic carbocycles. The Hall–Kier alpha value is -2.61. The third-order valence-electron chi connectivity index (χ3n) is 3.85. The molecule has 8 heteroatoms. The molecule has 0 saturated heterocycles. The number of ether oxygens (including phenoxy) is 2. The maximum absolute atomic E-state index is 5.46. The molecule has 1 aromatic carbocycles. The first-order valence-electron chi connectivity index (χ1n) is 7.68. The highest BCUT2D eigenvalue weighted by atomic mass is 32.2.